The van der Waals surface area contributed by atoms with Gasteiger partial charge in [-0.25, -0.2) is 12.8 Å². The van der Waals surface area contributed by atoms with E-state index in [4.69, 9.17) is 4.74 Å². The van der Waals surface area contributed by atoms with Crippen molar-refractivity contribution < 1.29 is 17.5 Å². The highest BCUT2D eigenvalue weighted by molar-refractivity contribution is 7.92. The Morgan fingerprint density at radius 3 is 2.81 bits per heavy atom. The Balaban J connectivity index is 1.62. The van der Waals surface area contributed by atoms with Crippen LogP contribution in [-0.4, -0.2) is 43.6 Å². The Morgan fingerprint density at radius 2 is 2.03 bits per heavy atom. The lowest BCUT2D eigenvalue weighted by atomic mass is 10.0. The number of anilines is 2. The minimum absolute atomic E-state index is 0.324. The summed E-state index contributed by atoms with van der Waals surface area (Å²) in [5.74, 6) is 0.303. The second-order valence-corrected chi connectivity index (χ2v) is 10.2. The van der Waals surface area contributed by atoms with Crippen molar-refractivity contribution in [3.63, 3.8) is 0 Å². The maximum Gasteiger partial charge on any atom is 0.181 e. The molecule has 2 aliphatic heterocycles. The van der Waals surface area contributed by atoms with Crippen LogP contribution in [0.15, 0.2) is 41.3 Å². The van der Waals surface area contributed by atoms with Crippen molar-refractivity contribution in [2.24, 2.45) is 0 Å². The highest BCUT2D eigenvalue weighted by Gasteiger charge is 2.32. The van der Waals surface area contributed by atoms with Crippen LogP contribution in [0.5, 0.6) is 0 Å². The van der Waals surface area contributed by atoms with Gasteiger partial charge in [-0.2, -0.15) is 5.10 Å². The molecular weight excluding hydrogens is 417 g/mol. The molecular formula is C23H24FN3O3S. The zero-order valence-corrected chi connectivity index (χ0v) is 18.1. The number of hydrogen-bond donors (Lipinski definition) is 1. The normalized spacial score (nSPS) is 17.3. The molecule has 1 N–H and O–H groups in total. The van der Waals surface area contributed by atoms with Crippen LogP contribution in [0.25, 0.3) is 17.0 Å². The molecule has 1 aromatic heterocycles. The van der Waals surface area contributed by atoms with E-state index in [1.807, 2.05) is 30.0 Å². The predicted octanol–water partition coefficient (Wildman–Crippen LogP) is 4.38. The molecule has 0 saturated carbocycles. The van der Waals surface area contributed by atoms with Gasteiger partial charge in [-0.15, -0.1) is 0 Å². The van der Waals surface area contributed by atoms with Crippen molar-refractivity contribution in [1.82, 2.24) is 10.2 Å². The summed E-state index contributed by atoms with van der Waals surface area (Å²) in [6, 6.07) is 8.28. The maximum atomic E-state index is 13.9. The number of fused-ring (bicyclic) bond motifs is 2. The first-order valence-corrected chi connectivity index (χ1v) is 12.1. The first-order valence-electron chi connectivity index (χ1n) is 10.6. The van der Waals surface area contributed by atoms with Crippen molar-refractivity contribution in [2.45, 2.75) is 36.3 Å². The Kier molecular flexibility index (Phi) is 5.06. The SMILES string of the molecule is CCc1cc2c(cc1S(=O)(=O)C1CCOCC1)C=CCN2c1n[nH]c2ccc(F)cc12. The molecule has 31 heavy (non-hydrogen) atoms. The van der Waals surface area contributed by atoms with Gasteiger partial charge in [0.25, 0.3) is 0 Å². The fourth-order valence-electron chi connectivity index (χ4n) is 4.46. The average Bonchev–Trinajstić information content (AvgIpc) is 3.21. The van der Waals surface area contributed by atoms with Crippen LogP contribution in [0.2, 0.25) is 0 Å². The number of ether oxygens (including phenoxy) is 1. The summed E-state index contributed by atoms with van der Waals surface area (Å²) in [5.41, 5.74) is 3.24. The van der Waals surface area contributed by atoms with Gasteiger partial charge >= 0.3 is 0 Å². The van der Waals surface area contributed by atoms with Crippen molar-refractivity contribution in [2.75, 3.05) is 24.7 Å². The zero-order chi connectivity index (χ0) is 21.6. The molecule has 1 saturated heterocycles. The molecule has 0 spiro atoms. The van der Waals surface area contributed by atoms with E-state index in [9.17, 15) is 12.8 Å². The topological polar surface area (TPSA) is 75.3 Å². The summed E-state index contributed by atoms with van der Waals surface area (Å²) < 4.78 is 46.1. The minimum atomic E-state index is -3.45. The monoisotopic (exact) mass is 441 g/mol. The largest absolute Gasteiger partial charge is 0.381 e. The van der Waals surface area contributed by atoms with E-state index in [0.717, 1.165) is 22.3 Å². The van der Waals surface area contributed by atoms with Gasteiger partial charge in [-0.1, -0.05) is 19.1 Å². The van der Waals surface area contributed by atoms with Crippen LogP contribution in [0.4, 0.5) is 15.9 Å². The van der Waals surface area contributed by atoms with Crippen LogP contribution < -0.4 is 4.90 Å². The second kappa shape index (κ2) is 7.76. The second-order valence-electron chi connectivity index (χ2n) is 7.98. The van der Waals surface area contributed by atoms with E-state index >= 15 is 0 Å². The van der Waals surface area contributed by atoms with Crippen LogP contribution in [-0.2, 0) is 21.0 Å². The molecule has 0 radical (unpaired) electrons. The number of H-pyrrole nitrogens is 1. The molecule has 3 aromatic rings. The Bertz CT molecular complexity index is 1280. The van der Waals surface area contributed by atoms with Gasteiger partial charge in [0.05, 0.1) is 21.3 Å². The van der Waals surface area contributed by atoms with Gasteiger partial charge in [-0.05, 0) is 60.7 Å². The Hall–Kier alpha value is -2.71. The first-order chi connectivity index (χ1) is 15.0. The average molecular weight is 442 g/mol. The number of hydrogen-bond acceptors (Lipinski definition) is 5. The number of halogens is 1. The predicted molar refractivity (Wildman–Crippen MR) is 119 cm³/mol. The third kappa shape index (κ3) is 3.43. The summed E-state index contributed by atoms with van der Waals surface area (Å²) in [5, 5.41) is 7.67. The lowest BCUT2D eigenvalue weighted by Gasteiger charge is -2.29. The fraction of sp³-hybridized carbons (Fsp3) is 0.348. The molecule has 0 atom stereocenters. The minimum Gasteiger partial charge on any atom is -0.381 e. The van der Waals surface area contributed by atoms with E-state index in [-0.39, 0.29) is 5.82 Å². The van der Waals surface area contributed by atoms with Gasteiger partial charge in [-0.3, -0.25) is 5.10 Å². The van der Waals surface area contributed by atoms with E-state index < -0.39 is 15.1 Å². The number of sulfone groups is 1. The zero-order valence-electron chi connectivity index (χ0n) is 17.3. The molecule has 0 unspecified atom stereocenters. The quantitative estimate of drug-likeness (QED) is 0.650. The Labute approximate surface area is 180 Å². The summed E-state index contributed by atoms with van der Waals surface area (Å²) in [7, 11) is -3.45. The van der Waals surface area contributed by atoms with E-state index in [1.54, 1.807) is 12.1 Å². The number of benzene rings is 2. The lowest BCUT2D eigenvalue weighted by Crippen LogP contribution is -2.30. The first kappa shape index (κ1) is 20.2. The molecule has 6 nitrogen and oxygen atoms in total. The molecule has 0 amide bonds. The van der Waals surface area contributed by atoms with Crippen molar-refractivity contribution in [1.29, 1.82) is 0 Å². The maximum absolute atomic E-state index is 13.9. The molecule has 0 bridgehead atoms. The molecule has 1 fully saturated rings. The van der Waals surface area contributed by atoms with E-state index in [2.05, 4.69) is 10.2 Å². The fourth-order valence-corrected chi connectivity index (χ4v) is 6.50. The Morgan fingerprint density at radius 1 is 1.23 bits per heavy atom. The van der Waals surface area contributed by atoms with Crippen LogP contribution in [0.1, 0.15) is 30.9 Å². The van der Waals surface area contributed by atoms with Crippen molar-refractivity contribution >= 4 is 38.3 Å². The van der Waals surface area contributed by atoms with Gasteiger partial charge in [0.2, 0.25) is 0 Å². The van der Waals surface area contributed by atoms with Crippen molar-refractivity contribution in [3.8, 4) is 0 Å². The lowest BCUT2D eigenvalue weighted by molar-refractivity contribution is 0.0983. The van der Waals surface area contributed by atoms with Gasteiger partial charge in [0.1, 0.15) is 5.82 Å². The smallest absolute Gasteiger partial charge is 0.181 e. The molecule has 2 aromatic carbocycles. The van der Waals surface area contributed by atoms with E-state index in [1.165, 1.54) is 12.1 Å². The number of rotatable bonds is 4. The van der Waals surface area contributed by atoms with Gasteiger partial charge < -0.3 is 9.64 Å². The number of nitrogens with zero attached hydrogens (tertiary/aromatic N) is 2. The van der Waals surface area contributed by atoms with E-state index in [0.29, 0.717) is 55.1 Å². The van der Waals surface area contributed by atoms with Gasteiger partial charge in [0.15, 0.2) is 15.7 Å². The summed E-state index contributed by atoms with van der Waals surface area (Å²) in [6.45, 7) is 3.49. The summed E-state index contributed by atoms with van der Waals surface area (Å²) >= 11 is 0. The molecule has 2 aliphatic rings. The number of aryl methyl sites for hydroxylation is 1. The molecule has 0 aliphatic carbocycles. The standard InChI is InChI=1S/C23H24FN3O3S/c1-2-15-12-21-16(13-22(15)31(28,29)18-7-10-30-11-8-18)4-3-9-27(21)23-19-14-17(24)5-6-20(19)25-26-23/h3-6,12-14,18H,2,7-11H2,1H3,(H,25,26). The third-order valence-corrected chi connectivity index (χ3v) is 8.48. The van der Waals surface area contributed by atoms with Crippen LogP contribution in [0, 0.1) is 5.82 Å². The third-order valence-electron chi connectivity index (χ3n) is 6.14. The highest BCUT2D eigenvalue weighted by atomic mass is 32.2. The summed E-state index contributed by atoms with van der Waals surface area (Å²) in [6.07, 6.45) is 5.56. The van der Waals surface area contributed by atoms with Crippen LogP contribution in [0.3, 0.4) is 0 Å². The molecule has 5 rings (SSSR count). The van der Waals surface area contributed by atoms with Crippen LogP contribution >= 0.6 is 0 Å². The number of aromatic nitrogens is 2. The number of aromatic amines is 1. The number of nitrogens with one attached hydrogen (secondary N) is 1. The van der Waals surface area contributed by atoms with Gasteiger partial charge in [0, 0.05) is 25.1 Å². The van der Waals surface area contributed by atoms with Crippen molar-refractivity contribution in [3.05, 3.63) is 53.4 Å². The molecule has 3 heterocycles. The molecule has 162 valence electrons. The summed E-state index contributed by atoms with van der Waals surface area (Å²) in [4.78, 5) is 2.41. The molecule has 8 heteroatoms. The highest BCUT2D eigenvalue weighted by Crippen LogP contribution is 2.39.